The fourth-order valence-corrected chi connectivity index (χ4v) is 10.2. The molecule has 0 amide bonds. The zero-order chi connectivity index (χ0) is 60.5. The Morgan fingerprint density at radius 1 is 0.395 bits per heavy atom. The minimum absolute atomic E-state index is 0.0898. The second-order valence-electron chi connectivity index (χ2n) is 25.6. The van der Waals surface area contributed by atoms with Crippen LogP contribution in [0.5, 0.6) is 0 Å². The first-order chi connectivity index (χ1) is 38.8. The molecule has 0 rings (SSSR count). The Balaban J connectivity index is 0. The van der Waals surface area contributed by atoms with E-state index in [4.69, 9.17) is 23.1 Å². The number of hydrogen-bond donors (Lipinski definition) is 1. The average Bonchev–Trinajstić information content (AvgIpc) is 3.43. The Kier molecular flexibility index (Phi) is 56.0. The Bertz CT molecular complexity index is 1630. The molecule has 7 nitrogen and oxygen atoms in total. The number of unbranched alkanes of at least 4 members (excludes halogenated alkanes) is 24. The number of carbonyl (C=O) groups excluding carboxylic acids is 1. The lowest BCUT2D eigenvalue weighted by Crippen LogP contribution is -2.43. The Morgan fingerprint density at radius 2 is 0.716 bits per heavy atom. The van der Waals surface area contributed by atoms with E-state index in [1.165, 1.54) is 154 Å². The normalized spacial score (nSPS) is 13.9. The third-order valence-corrected chi connectivity index (χ3v) is 24.7. The summed E-state index contributed by atoms with van der Waals surface area (Å²) in [5.41, 5.74) is 0. The SMILES string of the molecule is CC/C=C\C/C=C\C/C=C\C/C=C\C/C=C\C/C=C\CCC(=O)OC(CO/C=C\CCCCCCCCCCCCCC)CO[Si](C)(C)C(C)(C)C.CCCCCCCCCCCCCC/C=C\OCC(O)CO[Si](C)(C)C(C)(C)C. The van der Waals surface area contributed by atoms with Crippen molar-refractivity contribution in [3.05, 3.63) is 97.6 Å². The molecule has 0 aromatic carbocycles. The molecule has 0 aromatic rings. The summed E-state index contributed by atoms with van der Waals surface area (Å²) in [6.07, 6.45) is 74.9. The van der Waals surface area contributed by atoms with Crippen LogP contribution < -0.4 is 0 Å². The molecule has 81 heavy (non-hydrogen) atoms. The van der Waals surface area contributed by atoms with Crippen LogP contribution in [0.15, 0.2) is 97.6 Å². The highest BCUT2D eigenvalue weighted by Crippen LogP contribution is 2.37. The summed E-state index contributed by atoms with van der Waals surface area (Å²) in [7, 11) is -3.76. The van der Waals surface area contributed by atoms with E-state index in [-0.39, 0.29) is 16.0 Å². The van der Waals surface area contributed by atoms with Gasteiger partial charge in [-0.05, 0) is 119 Å². The molecule has 0 spiro atoms. The van der Waals surface area contributed by atoms with E-state index in [1.54, 1.807) is 12.5 Å². The van der Waals surface area contributed by atoms with Crippen molar-refractivity contribution in [1.82, 2.24) is 0 Å². The predicted octanol–water partition coefficient (Wildman–Crippen LogP) is 23.0. The van der Waals surface area contributed by atoms with Gasteiger partial charge in [0.15, 0.2) is 22.7 Å². The van der Waals surface area contributed by atoms with Gasteiger partial charge in [-0.2, -0.15) is 0 Å². The van der Waals surface area contributed by atoms with Crippen molar-refractivity contribution in [1.29, 1.82) is 0 Å². The van der Waals surface area contributed by atoms with Gasteiger partial charge in [-0.25, -0.2) is 0 Å². The van der Waals surface area contributed by atoms with Gasteiger partial charge < -0.3 is 28.2 Å². The standard InChI is InChI=1S/C47H82O4Si.C25H52O3Si/c1-8-10-12-14-16-18-20-22-24-25-26-27-28-29-31-33-35-37-39-41-46(48)51-45(44-50-52(6,7)47(3,4)5)43-49-42-40-38-36-34-32-30-23-21-19-17-15-13-11-9-2;1-7-8-9-10-11-12-13-14-15-16-17-18-19-20-21-27-22-24(26)23-28-29(5,6)25(2,3)4/h10,12,16,18,22,24,26-27,29,31,35,37,40,42,45H,8-9,11,13-15,17,19-21,23,25,28,30,32-34,36,38-39,41,43-44H2,1-7H3;20-21,24,26H,7-19,22-23H2,1-6H3/b12-10-,18-16-,24-22-,27-26-,31-29-,37-35-,42-40-;21-20-. The fourth-order valence-electron chi connectivity index (χ4n) is 8.10. The van der Waals surface area contributed by atoms with E-state index in [2.05, 4.69) is 174 Å². The molecule has 0 aliphatic carbocycles. The predicted molar refractivity (Wildman–Crippen MR) is 361 cm³/mol. The summed E-state index contributed by atoms with van der Waals surface area (Å²) in [5.74, 6) is -0.201. The third kappa shape index (κ3) is 56.2. The van der Waals surface area contributed by atoms with Gasteiger partial charge in [-0.15, -0.1) is 0 Å². The Hall–Kier alpha value is -2.70. The van der Waals surface area contributed by atoms with Crippen LogP contribution in [0.2, 0.25) is 36.3 Å². The smallest absolute Gasteiger partial charge is 0.306 e. The molecule has 0 aromatic heterocycles. The van der Waals surface area contributed by atoms with Crippen molar-refractivity contribution in [2.75, 3.05) is 26.4 Å². The van der Waals surface area contributed by atoms with Crippen LogP contribution in [0.25, 0.3) is 0 Å². The van der Waals surface area contributed by atoms with Crippen LogP contribution in [-0.2, 0) is 27.9 Å². The van der Waals surface area contributed by atoms with Crippen molar-refractivity contribution in [3.63, 3.8) is 0 Å². The summed E-state index contributed by atoms with van der Waals surface area (Å²) < 4.78 is 29.6. The monoisotopic (exact) mass is 1170 g/mol. The molecule has 0 saturated heterocycles. The van der Waals surface area contributed by atoms with Crippen molar-refractivity contribution >= 4 is 22.6 Å². The fraction of sp³-hybridized carbons (Fsp3) is 0.764. The number of hydrogen-bond acceptors (Lipinski definition) is 7. The lowest BCUT2D eigenvalue weighted by atomic mass is 10.0. The number of aliphatic hydroxyl groups is 1. The van der Waals surface area contributed by atoms with E-state index in [0.29, 0.717) is 39.3 Å². The van der Waals surface area contributed by atoms with Crippen LogP contribution in [0.4, 0.5) is 0 Å². The largest absolute Gasteiger partial charge is 0.499 e. The van der Waals surface area contributed by atoms with Gasteiger partial charge in [0.2, 0.25) is 0 Å². The lowest BCUT2D eigenvalue weighted by molar-refractivity contribution is -0.153. The number of ether oxygens (including phenoxy) is 3. The van der Waals surface area contributed by atoms with E-state index < -0.39 is 28.8 Å². The van der Waals surface area contributed by atoms with Crippen LogP contribution in [0, 0.1) is 0 Å². The number of carbonyl (C=O) groups is 1. The summed E-state index contributed by atoms with van der Waals surface area (Å²) in [6.45, 7) is 30.2. The van der Waals surface area contributed by atoms with E-state index >= 15 is 0 Å². The zero-order valence-corrected chi connectivity index (χ0v) is 57.7. The Labute approximate surface area is 506 Å². The van der Waals surface area contributed by atoms with Gasteiger partial charge in [-0.3, -0.25) is 4.79 Å². The van der Waals surface area contributed by atoms with Crippen LogP contribution in [0.1, 0.15) is 281 Å². The maximum Gasteiger partial charge on any atom is 0.306 e. The van der Waals surface area contributed by atoms with Crippen molar-refractivity contribution in [2.45, 2.75) is 329 Å². The molecule has 0 saturated carbocycles. The van der Waals surface area contributed by atoms with Crippen LogP contribution in [0.3, 0.4) is 0 Å². The van der Waals surface area contributed by atoms with Gasteiger partial charge in [0.25, 0.3) is 0 Å². The second-order valence-corrected chi connectivity index (χ2v) is 35.2. The molecule has 0 fully saturated rings. The van der Waals surface area contributed by atoms with Crippen molar-refractivity contribution in [2.24, 2.45) is 0 Å². The van der Waals surface area contributed by atoms with Crippen molar-refractivity contribution in [3.8, 4) is 0 Å². The maximum atomic E-state index is 12.7. The minimum atomic E-state index is -1.97. The molecule has 472 valence electrons. The van der Waals surface area contributed by atoms with Crippen molar-refractivity contribution < 1.29 is 33.0 Å². The highest BCUT2D eigenvalue weighted by atomic mass is 28.4. The molecular formula is C72H134O7Si2. The highest BCUT2D eigenvalue weighted by molar-refractivity contribution is 6.74. The summed E-state index contributed by atoms with van der Waals surface area (Å²) >= 11 is 0. The number of esters is 1. The summed E-state index contributed by atoms with van der Waals surface area (Å²) in [6, 6.07) is 0. The van der Waals surface area contributed by atoms with Gasteiger partial charge >= 0.3 is 5.97 Å². The van der Waals surface area contributed by atoms with Gasteiger partial charge in [-0.1, -0.05) is 276 Å². The topological polar surface area (TPSA) is 83.5 Å². The minimum Gasteiger partial charge on any atom is -0.499 e. The molecule has 0 aliphatic heterocycles. The number of allylic oxidation sites excluding steroid dienone is 14. The van der Waals surface area contributed by atoms with Gasteiger partial charge in [0.05, 0.1) is 25.7 Å². The Morgan fingerprint density at radius 3 is 1.07 bits per heavy atom. The number of rotatable bonds is 53. The molecular weight excluding hydrogens is 1030 g/mol. The first kappa shape index (κ1) is 80.4. The molecule has 0 bridgehead atoms. The zero-order valence-electron chi connectivity index (χ0n) is 55.7. The summed E-state index contributed by atoms with van der Waals surface area (Å²) in [5, 5.41) is 10.3. The quantitative estimate of drug-likeness (QED) is 0.0214. The third-order valence-electron chi connectivity index (χ3n) is 15.7. The first-order valence-corrected chi connectivity index (χ1v) is 39.2. The summed E-state index contributed by atoms with van der Waals surface area (Å²) in [4.78, 5) is 12.7. The molecule has 0 radical (unpaired) electrons. The lowest BCUT2D eigenvalue weighted by Gasteiger charge is -2.37. The van der Waals surface area contributed by atoms with Crippen LogP contribution >= 0.6 is 0 Å². The molecule has 0 aliphatic rings. The molecule has 0 heterocycles. The average molecular weight is 1170 g/mol. The van der Waals surface area contributed by atoms with Gasteiger partial charge in [0.1, 0.15) is 19.3 Å². The highest BCUT2D eigenvalue weighted by Gasteiger charge is 2.38. The van der Waals surface area contributed by atoms with E-state index in [1.807, 2.05) is 0 Å². The van der Waals surface area contributed by atoms with Gasteiger partial charge in [0, 0.05) is 6.42 Å². The van der Waals surface area contributed by atoms with E-state index in [0.717, 1.165) is 51.4 Å². The molecule has 2 unspecified atom stereocenters. The first-order valence-electron chi connectivity index (χ1n) is 33.4. The molecule has 9 heteroatoms. The molecule has 1 N–H and O–H groups in total. The van der Waals surface area contributed by atoms with E-state index in [9.17, 15) is 9.90 Å². The maximum absolute atomic E-state index is 12.7. The van der Waals surface area contributed by atoms with Crippen LogP contribution in [-0.4, -0.2) is 66.3 Å². The second kappa shape index (κ2) is 56.4. The number of aliphatic hydroxyl groups excluding tert-OH is 1. The molecule has 2 atom stereocenters.